The molecular formula is C15H17N3O2. The lowest BCUT2D eigenvalue weighted by molar-refractivity contribution is -0.384. The summed E-state index contributed by atoms with van der Waals surface area (Å²) in [7, 11) is 0. The van der Waals surface area contributed by atoms with E-state index in [0.29, 0.717) is 13.1 Å². The summed E-state index contributed by atoms with van der Waals surface area (Å²) in [5.74, 6) is 0. The quantitative estimate of drug-likeness (QED) is 0.648. The molecule has 0 atom stereocenters. The third-order valence-corrected chi connectivity index (χ3v) is 3.13. The molecule has 2 aromatic rings. The molecule has 1 heterocycles. The lowest BCUT2D eigenvalue weighted by atomic mass is 10.1. The number of hydrogen-bond donors (Lipinski definition) is 1. The zero-order valence-corrected chi connectivity index (χ0v) is 11.4. The van der Waals surface area contributed by atoms with Crippen LogP contribution < -0.4 is 5.32 Å². The predicted octanol–water partition coefficient (Wildman–Crippen LogP) is 2.84. The molecule has 0 bridgehead atoms. The monoisotopic (exact) mass is 271 g/mol. The number of nitrogens with zero attached hydrogens (tertiary/aromatic N) is 2. The molecule has 1 N–H and O–H groups in total. The highest BCUT2D eigenvalue weighted by atomic mass is 16.6. The molecule has 5 nitrogen and oxygen atoms in total. The average Bonchev–Trinajstić information content (AvgIpc) is 2.48. The standard InChI is InChI=1S/C15H17N3O2/c1-2-13-4-3-9-17-15(13)11-16-10-12-5-7-14(8-6-12)18(19)20/h3-9,16H,2,10-11H2,1H3. The minimum atomic E-state index is -0.390. The van der Waals surface area contributed by atoms with Gasteiger partial charge in [0.15, 0.2) is 0 Å². The molecule has 20 heavy (non-hydrogen) atoms. The zero-order valence-electron chi connectivity index (χ0n) is 11.4. The number of aryl methyl sites for hydroxylation is 1. The van der Waals surface area contributed by atoms with Gasteiger partial charge in [0.05, 0.1) is 10.6 Å². The van der Waals surface area contributed by atoms with Gasteiger partial charge in [0.1, 0.15) is 0 Å². The summed E-state index contributed by atoms with van der Waals surface area (Å²) in [6.07, 6.45) is 2.75. The molecule has 0 radical (unpaired) electrons. The summed E-state index contributed by atoms with van der Waals surface area (Å²) in [4.78, 5) is 14.5. The van der Waals surface area contributed by atoms with E-state index >= 15 is 0 Å². The van der Waals surface area contributed by atoms with Crippen molar-refractivity contribution in [2.75, 3.05) is 0 Å². The van der Waals surface area contributed by atoms with E-state index in [2.05, 4.69) is 23.3 Å². The number of pyridine rings is 1. The maximum Gasteiger partial charge on any atom is 0.269 e. The summed E-state index contributed by atoms with van der Waals surface area (Å²) in [6.45, 7) is 3.47. The third kappa shape index (κ3) is 3.61. The lowest BCUT2D eigenvalue weighted by Crippen LogP contribution is -2.15. The Bertz CT molecular complexity index is 582. The number of nitro benzene ring substituents is 1. The Morgan fingerprint density at radius 2 is 1.95 bits per heavy atom. The van der Waals surface area contributed by atoms with Crippen LogP contribution in [-0.4, -0.2) is 9.91 Å². The van der Waals surface area contributed by atoms with E-state index in [0.717, 1.165) is 17.7 Å². The first kappa shape index (κ1) is 14.1. The first-order valence-electron chi connectivity index (χ1n) is 6.57. The van der Waals surface area contributed by atoms with Gasteiger partial charge in [-0.3, -0.25) is 15.1 Å². The van der Waals surface area contributed by atoms with Crippen molar-refractivity contribution < 1.29 is 4.92 Å². The van der Waals surface area contributed by atoms with Crippen LogP contribution in [0.3, 0.4) is 0 Å². The molecule has 2 rings (SSSR count). The first-order chi connectivity index (χ1) is 9.70. The van der Waals surface area contributed by atoms with Crippen LogP contribution >= 0.6 is 0 Å². The van der Waals surface area contributed by atoms with Crippen molar-refractivity contribution in [1.29, 1.82) is 0 Å². The van der Waals surface area contributed by atoms with Gasteiger partial charge in [-0.15, -0.1) is 0 Å². The lowest BCUT2D eigenvalue weighted by Gasteiger charge is -2.08. The van der Waals surface area contributed by atoms with Crippen molar-refractivity contribution in [2.24, 2.45) is 0 Å². The molecule has 0 fully saturated rings. The van der Waals surface area contributed by atoms with E-state index in [-0.39, 0.29) is 5.69 Å². The Labute approximate surface area is 117 Å². The van der Waals surface area contributed by atoms with Crippen molar-refractivity contribution in [1.82, 2.24) is 10.3 Å². The van der Waals surface area contributed by atoms with Crippen LogP contribution in [0.4, 0.5) is 5.69 Å². The number of benzene rings is 1. The van der Waals surface area contributed by atoms with E-state index in [4.69, 9.17) is 0 Å². The normalized spacial score (nSPS) is 10.4. The van der Waals surface area contributed by atoms with Gasteiger partial charge in [-0.1, -0.05) is 25.1 Å². The Hall–Kier alpha value is -2.27. The molecule has 0 amide bonds. The summed E-state index contributed by atoms with van der Waals surface area (Å²) < 4.78 is 0. The van der Waals surface area contributed by atoms with Gasteiger partial charge in [-0.2, -0.15) is 0 Å². The van der Waals surface area contributed by atoms with Crippen LogP contribution in [-0.2, 0) is 19.5 Å². The first-order valence-corrected chi connectivity index (χ1v) is 6.57. The maximum absolute atomic E-state index is 10.6. The van der Waals surface area contributed by atoms with Crippen LogP contribution in [0.25, 0.3) is 0 Å². The molecule has 1 aromatic carbocycles. The van der Waals surface area contributed by atoms with E-state index in [9.17, 15) is 10.1 Å². The minimum Gasteiger partial charge on any atom is -0.307 e. The van der Waals surface area contributed by atoms with Gasteiger partial charge in [-0.05, 0) is 23.6 Å². The van der Waals surface area contributed by atoms with Crippen molar-refractivity contribution in [2.45, 2.75) is 26.4 Å². The van der Waals surface area contributed by atoms with Crippen molar-refractivity contribution >= 4 is 5.69 Å². The third-order valence-electron chi connectivity index (χ3n) is 3.13. The molecule has 0 unspecified atom stereocenters. The minimum absolute atomic E-state index is 0.117. The van der Waals surface area contributed by atoms with Crippen molar-refractivity contribution in [3.63, 3.8) is 0 Å². The second kappa shape index (κ2) is 6.77. The van der Waals surface area contributed by atoms with Gasteiger partial charge in [0.25, 0.3) is 5.69 Å². The Morgan fingerprint density at radius 1 is 1.20 bits per heavy atom. The fourth-order valence-corrected chi connectivity index (χ4v) is 2.01. The maximum atomic E-state index is 10.6. The van der Waals surface area contributed by atoms with E-state index in [1.54, 1.807) is 18.3 Å². The number of nitrogens with one attached hydrogen (secondary N) is 1. The topological polar surface area (TPSA) is 68.1 Å². The highest BCUT2D eigenvalue weighted by Crippen LogP contribution is 2.12. The second-order valence-electron chi connectivity index (χ2n) is 4.49. The number of nitro groups is 1. The number of rotatable bonds is 6. The number of hydrogen-bond acceptors (Lipinski definition) is 4. The number of aromatic nitrogens is 1. The Balaban J connectivity index is 1.91. The van der Waals surface area contributed by atoms with Crippen LogP contribution in [0, 0.1) is 10.1 Å². The van der Waals surface area contributed by atoms with Gasteiger partial charge in [0.2, 0.25) is 0 Å². The molecule has 0 saturated carbocycles. The molecule has 0 spiro atoms. The summed E-state index contributed by atoms with van der Waals surface area (Å²) in [5.41, 5.74) is 3.43. The van der Waals surface area contributed by atoms with E-state index < -0.39 is 4.92 Å². The summed E-state index contributed by atoms with van der Waals surface area (Å²) >= 11 is 0. The SMILES string of the molecule is CCc1cccnc1CNCc1ccc([N+](=O)[O-])cc1. The zero-order chi connectivity index (χ0) is 14.4. The van der Waals surface area contributed by atoms with E-state index in [1.165, 1.54) is 17.7 Å². The van der Waals surface area contributed by atoms with Crippen molar-refractivity contribution in [3.8, 4) is 0 Å². The van der Waals surface area contributed by atoms with Crippen LogP contribution in [0.5, 0.6) is 0 Å². The number of non-ortho nitro benzene ring substituents is 1. The summed E-state index contributed by atoms with van der Waals surface area (Å²) in [6, 6.07) is 10.6. The Morgan fingerprint density at radius 3 is 2.60 bits per heavy atom. The van der Waals surface area contributed by atoms with Gasteiger partial charge in [-0.25, -0.2) is 0 Å². The molecule has 0 saturated heterocycles. The molecule has 0 aliphatic heterocycles. The molecule has 1 aromatic heterocycles. The highest BCUT2D eigenvalue weighted by molar-refractivity contribution is 5.32. The van der Waals surface area contributed by atoms with Gasteiger partial charge >= 0.3 is 0 Å². The van der Waals surface area contributed by atoms with Crippen LogP contribution in [0.15, 0.2) is 42.6 Å². The van der Waals surface area contributed by atoms with Gasteiger partial charge < -0.3 is 5.32 Å². The predicted molar refractivity (Wildman–Crippen MR) is 77.3 cm³/mol. The van der Waals surface area contributed by atoms with Crippen LogP contribution in [0.2, 0.25) is 0 Å². The Kier molecular flexibility index (Phi) is 4.79. The largest absolute Gasteiger partial charge is 0.307 e. The summed E-state index contributed by atoms with van der Waals surface area (Å²) in [5, 5.41) is 13.9. The fraction of sp³-hybridized carbons (Fsp3) is 0.267. The molecular weight excluding hydrogens is 254 g/mol. The molecule has 0 aliphatic carbocycles. The van der Waals surface area contributed by atoms with Crippen molar-refractivity contribution in [3.05, 3.63) is 69.5 Å². The van der Waals surface area contributed by atoms with Crippen LogP contribution in [0.1, 0.15) is 23.7 Å². The fourth-order valence-electron chi connectivity index (χ4n) is 2.01. The van der Waals surface area contributed by atoms with Gasteiger partial charge in [0, 0.05) is 31.4 Å². The molecule has 5 heteroatoms. The van der Waals surface area contributed by atoms with E-state index in [1.807, 2.05) is 6.07 Å². The smallest absolute Gasteiger partial charge is 0.269 e. The average molecular weight is 271 g/mol. The molecule has 0 aliphatic rings. The highest BCUT2D eigenvalue weighted by Gasteiger charge is 2.04. The second-order valence-corrected chi connectivity index (χ2v) is 4.49. The molecule has 104 valence electrons.